The van der Waals surface area contributed by atoms with Crippen molar-refractivity contribution in [3.63, 3.8) is 0 Å². The largest absolute Gasteiger partial charge is 0.497 e. The minimum Gasteiger partial charge on any atom is -0.497 e. The summed E-state index contributed by atoms with van der Waals surface area (Å²) in [5.74, 6) is 0.761. The molecule has 2 aromatic rings. The van der Waals surface area contributed by atoms with Crippen molar-refractivity contribution in [1.29, 1.82) is 0 Å². The number of nitrogens with zero attached hydrogens (tertiary/aromatic N) is 2. The van der Waals surface area contributed by atoms with Crippen LogP contribution in [0.3, 0.4) is 0 Å². The zero-order chi connectivity index (χ0) is 15.7. The zero-order valence-corrected chi connectivity index (χ0v) is 13.9. The van der Waals surface area contributed by atoms with Crippen molar-refractivity contribution in [1.82, 2.24) is 4.41 Å². The van der Waals surface area contributed by atoms with Gasteiger partial charge >= 0.3 is 0 Å². The highest BCUT2D eigenvalue weighted by Gasteiger charge is 2.34. The van der Waals surface area contributed by atoms with Gasteiger partial charge in [0.15, 0.2) is 0 Å². The maximum atomic E-state index is 12.0. The summed E-state index contributed by atoms with van der Waals surface area (Å²) in [6.07, 6.45) is 1.76. The average Bonchev–Trinajstić information content (AvgIpc) is 3.15. The van der Waals surface area contributed by atoms with Gasteiger partial charge in [-0.05, 0) is 41.3 Å². The molecule has 0 spiro atoms. The fraction of sp³-hybridized carbons (Fsp3) is 0.267. The molecule has 0 radical (unpaired) electrons. The normalized spacial score (nSPS) is 18.4. The summed E-state index contributed by atoms with van der Waals surface area (Å²) in [6, 6.07) is 11.1. The van der Waals surface area contributed by atoms with E-state index in [1.165, 1.54) is 10.7 Å². The Morgan fingerprint density at radius 1 is 1.27 bits per heavy atom. The third-order valence-corrected chi connectivity index (χ3v) is 5.50. The lowest BCUT2D eigenvalue weighted by atomic mass is 10.0. The molecule has 22 heavy (non-hydrogen) atoms. The van der Waals surface area contributed by atoms with Gasteiger partial charge < -0.3 is 4.74 Å². The molecule has 1 aliphatic rings. The molecule has 0 saturated heterocycles. The molecule has 0 saturated carbocycles. The van der Waals surface area contributed by atoms with Gasteiger partial charge in [-0.1, -0.05) is 6.07 Å². The first-order chi connectivity index (χ1) is 10.5. The highest BCUT2D eigenvalue weighted by molar-refractivity contribution is 7.88. The molecular weight excluding hydrogens is 320 g/mol. The van der Waals surface area contributed by atoms with Crippen LogP contribution in [0.2, 0.25) is 0 Å². The first-order valence-electron chi connectivity index (χ1n) is 6.74. The van der Waals surface area contributed by atoms with Crippen molar-refractivity contribution >= 4 is 27.1 Å². The number of sulfonamides is 1. The molecule has 0 aliphatic carbocycles. The summed E-state index contributed by atoms with van der Waals surface area (Å²) in [7, 11) is -1.79. The molecule has 0 N–H and O–H groups in total. The Kier molecular flexibility index (Phi) is 3.92. The van der Waals surface area contributed by atoms with Crippen LogP contribution in [-0.2, 0) is 10.0 Å². The summed E-state index contributed by atoms with van der Waals surface area (Å²) in [5, 5.41) is 6.30. The molecule has 5 nitrogen and oxygen atoms in total. The number of methoxy groups -OCH3 is 1. The van der Waals surface area contributed by atoms with E-state index in [0.717, 1.165) is 21.9 Å². The monoisotopic (exact) mass is 336 g/mol. The maximum absolute atomic E-state index is 12.0. The number of hydrogen-bond acceptors (Lipinski definition) is 5. The van der Waals surface area contributed by atoms with E-state index in [1.54, 1.807) is 18.4 Å². The van der Waals surface area contributed by atoms with Crippen molar-refractivity contribution in [2.45, 2.75) is 12.5 Å². The second-order valence-corrected chi connectivity index (χ2v) is 7.87. The summed E-state index contributed by atoms with van der Waals surface area (Å²) >= 11 is 1.54. The van der Waals surface area contributed by atoms with Crippen molar-refractivity contribution in [2.75, 3.05) is 13.4 Å². The number of ether oxygens (including phenoxy) is 1. The van der Waals surface area contributed by atoms with E-state index in [1.807, 2.05) is 41.8 Å². The molecular formula is C15H16N2O3S2. The fourth-order valence-corrected chi connectivity index (χ4v) is 4.22. The molecule has 1 aromatic carbocycles. The van der Waals surface area contributed by atoms with Crippen molar-refractivity contribution in [3.05, 3.63) is 52.2 Å². The number of thiophene rings is 1. The van der Waals surface area contributed by atoms with E-state index >= 15 is 0 Å². The van der Waals surface area contributed by atoms with Gasteiger partial charge in [-0.2, -0.15) is 9.52 Å². The molecule has 1 aliphatic heterocycles. The summed E-state index contributed by atoms with van der Waals surface area (Å²) in [6.45, 7) is 0. The third-order valence-electron chi connectivity index (χ3n) is 3.51. The maximum Gasteiger partial charge on any atom is 0.247 e. The van der Waals surface area contributed by atoms with E-state index < -0.39 is 10.0 Å². The van der Waals surface area contributed by atoms with Gasteiger partial charge in [0, 0.05) is 11.3 Å². The minimum absolute atomic E-state index is 0.257. The first-order valence-corrected chi connectivity index (χ1v) is 9.46. The first kappa shape index (κ1) is 15.1. The number of hydrogen-bond donors (Lipinski definition) is 0. The summed E-state index contributed by atoms with van der Waals surface area (Å²) in [5.41, 5.74) is 1.68. The van der Waals surface area contributed by atoms with Gasteiger partial charge in [0.25, 0.3) is 0 Å². The Balaban J connectivity index is 1.96. The smallest absolute Gasteiger partial charge is 0.247 e. The highest BCUT2D eigenvalue weighted by Crippen LogP contribution is 2.36. The predicted molar refractivity (Wildman–Crippen MR) is 87.9 cm³/mol. The quantitative estimate of drug-likeness (QED) is 0.862. The van der Waals surface area contributed by atoms with Gasteiger partial charge in [0.05, 0.1) is 19.1 Å². The topological polar surface area (TPSA) is 59.0 Å². The van der Waals surface area contributed by atoms with Crippen LogP contribution in [0.5, 0.6) is 5.75 Å². The van der Waals surface area contributed by atoms with Crippen molar-refractivity contribution < 1.29 is 13.2 Å². The molecule has 0 amide bonds. The van der Waals surface area contributed by atoms with Crippen LogP contribution in [0.15, 0.2) is 46.9 Å². The number of rotatable bonds is 4. The van der Waals surface area contributed by atoms with E-state index in [-0.39, 0.29) is 6.04 Å². The standard InChI is InChI=1S/C15H16N2O3S2/c1-20-12-7-5-11(6-8-12)13-10-14(15-4-3-9-21-15)17(16-13)22(2,18)19/h3-9,14H,10H2,1-2H3/t14-/m0/s1. The van der Waals surface area contributed by atoms with Gasteiger partial charge in [-0.3, -0.25) is 0 Å². The Labute approximate surface area is 133 Å². The lowest BCUT2D eigenvalue weighted by Crippen LogP contribution is -2.25. The van der Waals surface area contributed by atoms with Gasteiger partial charge in [0.1, 0.15) is 11.8 Å². The molecule has 2 heterocycles. The van der Waals surface area contributed by atoms with Gasteiger partial charge in [-0.15, -0.1) is 11.3 Å². The van der Waals surface area contributed by atoms with Crippen LogP contribution >= 0.6 is 11.3 Å². The number of hydrazone groups is 1. The summed E-state index contributed by atoms with van der Waals surface area (Å²) < 4.78 is 30.4. The van der Waals surface area contributed by atoms with Crippen LogP contribution in [-0.4, -0.2) is 31.9 Å². The van der Waals surface area contributed by atoms with Crippen LogP contribution in [0.1, 0.15) is 22.9 Å². The predicted octanol–water partition coefficient (Wildman–Crippen LogP) is 2.87. The van der Waals surface area contributed by atoms with Crippen LogP contribution in [0.25, 0.3) is 0 Å². The number of benzene rings is 1. The van der Waals surface area contributed by atoms with Crippen molar-refractivity contribution in [3.8, 4) is 5.75 Å². The Morgan fingerprint density at radius 3 is 2.55 bits per heavy atom. The fourth-order valence-electron chi connectivity index (χ4n) is 2.45. The molecule has 1 aromatic heterocycles. The minimum atomic E-state index is -3.40. The third kappa shape index (κ3) is 2.86. The molecule has 0 unspecified atom stereocenters. The van der Waals surface area contributed by atoms with E-state index in [4.69, 9.17) is 4.74 Å². The lowest BCUT2D eigenvalue weighted by molar-refractivity contribution is 0.379. The Hall–Kier alpha value is -1.86. The molecule has 116 valence electrons. The van der Waals surface area contributed by atoms with E-state index in [0.29, 0.717) is 6.42 Å². The lowest BCUT2D eigenvalue weighted by Gasteiger charge is -2.19. The van der Waals surface area contributed by atoms with Gasteiger partial charge in [-0.25, -0.2) is 8.42 Å². The second-order valence-electron chi connectivity index (χ2n) is 5.05. The van der Waals surface area contributed by atoms with Crippen molar-refractivity contribution in [2.24, 2.45) is 5.10 Å². The van der Waals surface area contributed by atoms with Crippen LogP contribution < -0.4 is 4.74 Å². The second kappa shape index (κ2) is 5.73. The van der Waals surface area contributed by atoms with Crippen LogP contribution in [0.4, 0.5) is 0 Å². The van der Waals surface area contributed by atoms with E-state index in [9.17, 15) is 8.42 Å². The zero-order valence-electron chi connectivity index (χ0n) is 12.3. The SMILES string of the molecule is COc1ccc(C2=NN(S(C)(=O)=O)[C@H](c3cccs3)C2)cc1. The van der Waals surface area contributed by atoms with E-state index in [2.05, 4.69) is 5.10 Å². The Morgan fingerprint density at radius 2 is 2.00 bits per heavy atom. The molecule has 0 bridgehead atoms. The molecule has 1 atom stereocenters. The molecule has 3 rings (SSSR count). The molecule has 7 heteroatoms. The average molecular weight is 336 g/mol. The molecule has 0 fully saturated rings. The Bertz CT molecular complexity index is 781. The van der Waals surface area contributed by atoms with Crippen LogP contribution in [0, 0.1) is 0 Å². The summed E-state index contributed by atoms with van der Waals surface area (Å²) in [4.78, 5) is 0.998. The van der Waals surface area contributed by atoms with Gasteiger partial charge in [0.2, 0.25) is 10.0 Å². The highest BCUT2D eigenvalue weighted by atomic mass is 32.2.